The molecule has 1 heterocycles. The molecule has 2 nitrogen and oxygen atoms in total. The standard InChI is InChI=1S/C9H5ClO2S.K/c10-6-2-1-3-7-5(6)4-8(13-7)9(11)12;/h1-4H,(H,11,12);/q;+1/p-1. The van der Waals surface area contributed by atoms with Gasteiger partial charge in [0.05, 0.1) is 10.8 Å². The van der Waals surface area contributed by atoms with Gasteiger partial charge in [-0.25, -0.2) is 0 Å². The second kappa shape index (κ2) is 5.07. The predicted molar refractivity (Wildman–Crippen MR) is 51.2 cm³/mol. The minimum atomic E-state index is -1.16. The fourth-order valence-corrected chi connectivity index (χ4v) is 2.33. The SMILES string of the molecule is O=C([O-])c1cc2c(Cl)cccc2s1.[K+]. The number of benzene rings is 1. The van der Waals surface area contributed by atoms with E-state index in [-0.39, 0.29) is 56.3 Å². The number of aromatic carboxylic acids is 1. The zero-order chi connectivity index (χ0) is 9.42. The number of carboxylic acids is 1. The van der Waals surface area contributed by atoms with Crippen LogP contribution in [-0.4, -0.2) is 5.97 Å². The Morgan fingerprint density at radius 2 is 2.14 bits per heavy atom. The largest absolute Gasteiger partial charge is 1.00 e. The quantitative estimate of drug-likeness (QED) is 0.605. The first-order valence-corrected chi connectivity index (χ1v) is 4.77. The van der Waals surface area contributed by atoms with Crippen LogP contribution < -0.4 is 56.5 Å². The maximum Gasteiger partial charge on any atom is 1.00 e. The van der Waals surface area contributed by atoms with Crippen molar-refractivity contribution in [1.29, 1.82) is 0 Å². The molecule has 1 aromatic carbocycles. The van der Waals surface area contributed by atoms with Crippen LogP contribution in [0.2, 0.25) is 5.02 Å². The van der Waals surface area contributed by atoms with Gasteiger partial charge in [0.15, 0.2) is 0 Å². The molecule has 0 radical (unpaired) electrons. The van der Waals surface area contributed by atoms with Crippen LogP contribution in [-0.2, 0) is 0 Å². The molecule has 0 saturated heterocycles. The number of carboxylic acid groups (broad SMARTS) is 1. The Bertz CT molecular complexity index is 481. The topological polar surface area (TPSA) is 40.1 Å². The summed E-state index contributed by atoms with van der Waals surface area (Å²) >= 11 is 7.04. The molecule has 0 aliphatic heterocycles. The zero-order valence-electron chi connectivity index (χ0n) is 7.41. The molecule has 0 amide bonds. The van der Waals surface area contributed by atoms with Gasteiger partial charge in [0.1, 0.15) is 0 Å². The first kappa shape index (κ1) is 12.6. The van der Waals surface area contributed by atoms with Crippen molar-refractivity contribution < 1.29 is 61.3 Å². The third-order valence-corrected chi connectivity index (χ3v) is 3.12. The van der Waals surface area contributed by atoms with Gasteiger partial charge in [0.2, 0.25) is 0 Å². The van der Waals surface area contributed by atoms with Crippen molar-refractivity contribution in [2.45, 2.75) is 0 Å². The first-order chi connectivity index (χ1) is 6.18. The summed E-state index contributed by atoms with van der Waals surface area (Å²) in [6, 6.07) is 6.89. The van der Waals surface area contributed by atoms with E-state index in [0.717, 1.165) is 10.1 Å². The molecule has 2 rings (SSSR count). The summed E-state index contributed by atoms with van der Waals surface area (Å²) in [5.41, 5.74) is 0. The van der Waals surface area contributed by atoms with Crippen LogP contribution in [0.1, 0.15) is 9.67 Å². The van der Waals surface area contributed by atoms with Crippen molar-refractivity contribution in [2.75, 3.05) is 0 Å². The molecule has 0 fully saturated rings. The number of carbonyl (C=O) groups is 1. The summed E-state index contributed by atoms with van der Waals surface area (Å²) in [7, 11) is 0. The fraction of sp³-hybridized carbons (Fsp3) is 0. The van der Waals surface area contributed by atoms with E-state index in [4.69, 9.17) is 11.6 Å². The number of hydrogen-bond acceptors (Lipinski definition) is 3. The molecule has 1 aromatic heterocycles. The van der Waals surface area contributed by atoms with Crippen molar-refractivity contribution in [2.24, 2.45) is 0 Å². The van der Waals surface area contributed by atoms with E-state index in [2.05, 4.69) is 0 Å². The minimum Gasteiger partial charge on any atom is -0.544 e. The van der Waals surface area contributed by atoms with Crippen LogP contribution in [0.5, 0.6) is 0 Å². The molecule has 0 N–H and O–H groups in total. The summed E-state index contributed by atoms with van der Waals surface area (Å²) in [6.07, 6.45) is 0. The third kappa shape index (κ3) is 2.39. The Morgan fingerprint density at radius 3 is 2.71 bits per heavy atom. The maximum absolute atomic E-state index is 10.5. The number of hydrogen-bond donors (Lipinski definition) is 0. The average molecular weight is 251 g/mol. The van der Waals surface area contributed by atoms with Gasteiger partial charge in [0.25, 0.3) is 0 Å². The third-order valence-electron chi connectivity index (χ3n) is 1.71. The number of fused-ring (bicyclic) bond motifs is 1. The molecule has 0 unspecified atom stereocenters. The van der Waals surface area contributed by atoms with Gasteiger partial charge in [-0.05, 0) is 18.2 Å². The Hall–Kier alpha value is 0.576. The summed E-state index contributed by atoms with van der Waals surface area (Å²) < 4.78 is 0.867. The first-order valence-electron chi connectivity index (χ1n) is 3.58. The second-order valence-electron chi connectivity index (χ2n) is 2.55. The van der Waals surface area contributed by atoms with E-state index in [9.17, 15) is 9.90 Å². The van der Waals surface area contributed by atoms with Crippen molar-refractivity contribution in [3.05, 3.63) is 34.2 Å². The monoisotopic (exact) mass is 250 g/mol. The number of rotatable bonds is 1. The van der Waals surface area contributed by atoms with Gasteiger partial charge in [-0.1, -0.05) is 17.7 Å². The predicted octanol–water partition coefficient (Wildman–Crippen LogP) is -1.08. The summed E-state index contributed by atoms with van der Waals surface area (Å²) in [5.74, 6) is -1.16. The van der Waals surface area contributed by atoms with Gasteiger partial charge in [-0.3, -0.25) is 0 Å². The Balaban J connectivity index is 0.000000980. The van der Waals surface area contributed by atoms with E-state index in [1.807, 2.05) is 6.07 Å². The van der Waals surface area contributed by atoms with Crippen molar-refractivity contribution in [1.82, 2.24) is 0 Å². The molecule has 5 heteroatoms. The van der Waals surface area contributed by atoms with Crippen molar-refractivity contribution in [3.63, 3.8) is 0 Å². The fourth-order valence-electron chi connectivity index (χ4n) is 1.13. The molecule has 14 heavy (non-hydrogen) atoms. The van der Waals surface area contributed by atoms with Gasteiger partial charge in [-0.15, -0.1) is 11.3 Å². The van der Waals surface area contributed by atoms with Gasteiger partial charge >= 0.3 is 51.4 Å². The number of halogens is 1. The molecular formula is C9H4ClKO2S. The molecule has 66 valence electrons. The minimum absolute atomic E-state index is 0. The summed E-state index contributed by atoms with van der Waals surface area (Å²) in [5, 5.41) is 11.9. The molecule has 2 aromatic rings. The number of carbonyl (C=O) groups excluding carboxylic acids is 1. The van der Waals surface area contributed by atoms with Crippen molar-refractivity contribution in [3.8, 4) is 0 Å². The molecule has 0 aliphatic rings. The normalized spacial score (nSPS) is 9.79. The summed E-state index contributed by atoms with van der Waals surface area (Å²) in [4.78, 5) is 10.7. The average Bonchev–Trinajstić information content (AvgIpc) is 2.49. The van der Waals surface area contributed by atoms with E-state index >= 15 is 0 Å². The van der Waals surface area contributed by atoms with E-state index in [1.165, 1.54) is 17.4 Å². The molecular weight excluding hydrogens is 247 g/mol. The molecule has 0 bridgehead atoms. The second-order valence-corrected chi connectivity index (χ2v) is 4.04. The number of thiophene rings is 1. The van der Waals surface area contributed by atoms with Gasteiger partial charge in [0, 0.05) is 15.1 Å². The maximum atomic E-state index is 10.5. The zero-order valence-corrected chi connectivity index (χ0v) is 12.1. The smallest absolute Gasteiger partial charge is 0.544 e. The molecule has 0 atom stereocenters. The van der Waals surface area contributed by atoms with Gasteiger partial charge in [-0.2, -0.15) is 0 Å². The molecule has 0 spiro atoms. The summed E-state index contributed by atoms with van der Waals surface area (Å²) in [6.45, 7) is 0. The van der Waals surface area contributed by atoms with E-state index in [1.54, 1.807) is 12.1 Å². The Kier molecular flexibility index (Phi) is 4.58. The van der Waals surface area contributed by atoms with Crippen LogP contribution in [0.4, 0.5) is 0 Å². The van der Waals surface area contributed by atoms with Crippen LogP contribution in [0.3, 0.4) is 0 Å². The van der Waals surface area contributed by atoms with Gasteiger partial charge < -0.3 is 9.90 Å². The Labute approximate surface area is 132 Å². The van der Waals surface area contributed by atoms with Crippen molar-refractivity contribution >= 4 is 39.0 Å². The van der Waals surface area contributed by atoms with Crippen LogP contribution in [0.15, 0.2) is 24.3 Å². The van der Waals surface area contributed by atoms with E-state index < -0.39 is 5.97 Å². The van der Waals surface area contributed by atoms with Crippen LogP contribution >= 0.6 is 22.9 Å². The van der Waals surface area contributed by atoms with Crippen LogP contribution in [0.25, 0.3) is 10.1 Å². The van der Waals surface area contributed by atoms with Crippen LogP contribution in [0, 0.1) is 0 Å². The Morgan fingerprint density at radius 1 is 1.43 bits per heavy atom. The van der Waals surface area contributed by atoms with E-state index in [0.29, 0.717) is 5.02 Å². The molecule has 0 aliphatic carbocycles. The molecule has 0 saturated carbocycles.